The molecule has 3 saturated heterocycles. The maximum Gasteiger partial charge on any atom is 0.226 e. The lowest BCUT2D eigenvalue weighted by atomic mass is 9.93. The molecule has 1 aromatic rings. The topological polar surface area (TPSA) is 42.9 Å². The van der Waals surface area contributed by atoms with Gasteiger partial charge < -0.3 is 9.80 Å². The van der Waals surface area contributed by atoms with Crippen LogP contribution in [0.25, 0.3) is 0 Å². The number of hydrogen-bond donors (Lipinski definition) is 0. The van der Waals surface area contributed by atoms with Crippen LogP contribution in [0, 0.1) is 5.92 Å². The average molecular weight is 414 g/mol. The number of aromatic nitrogens is 1. The molecule has 3 aliphatic heterocycles. The molecule has 1 aromatic heterocycles. The standard InChI is InChI=1S/C24H39N5O/c1-26(16-17-27-11-2-3-12-27)24(30)22-7-5-13-29(20-22)23-8-14-28(15-9-23)19-21-6-4-10-25-18-21/h4,6,10,18,22-23H,2-3,5,7-9,11-17,19-20H2,1H3/t22-/m0/s1. The van der Waals surface area contributed by atoms with Gasteiger partial charge in [-0.3, -0.25) is 19.6 Å². The summed E-state index contributed by atoms with van der Waals surface area (Å²) < 4.78 is 0. The van der Waals surface area contributed by atoms with Gasteiger partial charge in [0.2, 0.25) is 5.91 Å². The second-order valence-corrected chi connectivity index (χ2v) is 9.51. The largest absolute Gasteiger partial charge is 0.344 e. The molecule has 166 valence electrons. The lowest BCUT2D eigenvalue weighted by Crippen LogP contribution is -2.51. The fourth-order valence-corrected chi connectivity index (χ4v) is 5.45. The molecular weight excluding hydrogens is 374 g/mol. The van der Waals surface area contributed by atoms with E-state index in [1.54, 1.807) is 0 Å². The Labute approximate surface area is 182 Å². The molecule has 0 aliphatic carbocycles. The molecule has 0 saturated carbocycles. The Morgan fingerprint density at radius 2 is 1.87 bits per heavy atom. The van der Waals surface area contributed by atoms with Gasteiger partial charge in [-0.05, 0) is 82.9 Å². The zero-order valence-corrected chi connectivity index (χ0v) is 18.7. The van der Waals surface area contributed by atoms with Crippen molar-refractivity contribution in [2.45, 2.75) is 51.1 Å². The van der Waals surface area contributed by atoms with Crippen LogP contribution in [0.4, 0.5) is 0 Å². The zero-order valence-electron chi connectivity index (χ0n) is 18.7. The predicted octanol–water partition coefficient (Wildman–Crippen LogP) is 2.31. The maximum atomic E-state index is 13.1. The number of amides is 1. The fourth-order valence-electron chi connectivity index (χ4n) is 5.45. The maximum absolute atomic E-state index is 13.1. The van der Waals surface area contributed by atoms with E-state index in [4.69, 9.17) is 0 Å². The molecule has 4 rings (SSSR count). The minimum atomic E-state index is 0.191. The molecule has 1 atom stereocenters. The van der Waals surface area contributed by atoms with Crippen molar-refractivity contribution in [3.8, 4) is 0 Å². The van der Waals surface area contributed by atoms with Crippen molar-refractivity contribution < 1.29 is 4.79 Å². The van der Waals surface area contributed by atoms with Crippen molar-refractivity contribution in [2.24, 2.45) is 5.92 Å². The highest BCUT2D eigenvalue weighted by Gasteiger charge is 2.32. The first-order chi connectivity index (χ1) is 14.7. The molecular formula is C24H39N5O. The van der Waals surface area contributed by atoms with Gasteiger partial charge in [0.15, 0.2) is 0 Å². The van der Waals surface area contributed by atoms with Crippen LogP contribution >= 0.6 is 0 Å². The van der Waals surface area contributed by atoms with Crippen LogP contribution in [0.1, 0.15) is 44.1 Å². The summed E-state index contributed by atoms with van der Waals surface area (Å²) in [6.45, 7) is 9.74. The van der Waals surface area contributed by atoms with Crippen molar-refractivity contribution in [2.75, 3.05) is 59.4 Å². The number of piperidine rings is 2. The first-order valence-corrected chi connectivity index (χ1v) is 12.0. The first-order valence-electron chi connectivity index (χ1n) is 12.0. The van der Waals surface area contributed by atoms with E-state index in [-0.39, 0.29) is 5.92 Å². The number of hydrogen-bond acceptors (Lipinski definition) is 5. The molecule has 6 heteroatoms. The molecule has 6 nitrogen and oxygen atoms in total. The van der Waals surface area contributed by atoms with Crippen LogP contribution in [-0.2, 0) is 11.3 Å². The molecule has 4 heterocycles. The second kappa shape index (κ2) is 10.7. The van der Waals surface area contributed by atoms with Crippen molar-refractivity contribution in [1.29, 1.82) is 0 Å². The summed E-state index contributed by atoms with van der Waals surface area (Å²) in [6.07, 6.45) is 11.1. The Kier molecular flexibility index (Phi) is 7.74. The summed E-state index contributed by atoms with van der Waals surface area (Å²) in [5, 5.41) is 0. The highest BCUT2D eigenvalue weighted by molar-refractivity contribution is 5.78. The Balaban J connectivity index is 1.21. The number of carbonyl (C=O) groups excluding carboxylic acids is 1. The molecule has 0 radical (unpaired) electrons. The Morgan fingerprint density at radius 1 is 1.07 bits per heavy atom. The van der Waals surface area contributed by atoms with E-state index in [0.29, 0.717) is 11.9 Å². The summed E-state index contributed by atoms with van der Waals surface area (Å²) in [4.78, 5) is 27.0. The predicted molar refractivity (Wildman–Crippen MR) is 120 cm³/mol. The number of likely N-dealkylation sites (tertiary alicyclic amines) is 3. The number of carbonyl (C=O) groups is 1. The quantitative estimate of drug-likeness (QED) is 0.686. The molecule has 0 spiro atoms. The van der Waals surface area contributed by atoms with Crippen LogP contribution in [-0.4, -0.2) is 95.9 Å². The minimum Gasteiger partial charge on any atom is -0.344 e. The van der Waals surface area contributed by atoms with Gasteiger partial charge in [-0.1, -0.05) is 6.07 Å². The van der Waals surface area contributed by atoms with E-state index < -0.39 is 0 Å². The number of rotatable bonds is 7. The van der Waals surface area contributed by atoms with Crippen molar-refractivity contribution >= 4 is 5.91 Å². The highest BCUT2D eigenvalue weighted by Crippen LogP contribution is 2.25. The Bertz CT molecular complexity index is 655. The summed E-state index contributed by atoms with van der Waals surface area (Å²) in [5.74, 6) is 0.559. The van der Waals surface area contributed by atoms with Crippen LogP contribution in [0.5, 0.6) is 0 Å². The molecule has 1 amide bonds. The van der Waals surface area contributed by atoms with Gasteiger partial charge in [-0.2, -0.15) is 0 Å². The van der Waals surface area contributed by atoms with Crippen molar-refractivity contribution in [3.05, 3.63) is 30.1 Å². The average Bonchev–Trinajstić information content (AvgIpc) is 3.32. The molecule has 3 aliphatic rings. The highest BCUT2D eigenvalue weighted by atomic mass is 16.2. The lowest BCUT2D eigenvalue weighted by Gasteiger charge is -2.42. The van der Waals surface area contributed by atoms with Crippen molar-refractivity contribution in [1.82, 2.24) is 24.6 Å². The number of pyridine rings is 1. The molecule has 0 aromatic carbocycles. The van der Waals surface area contributed by atoms with Gasteiger partial charge in [0.05, 0.1) is 5.92 Å². The molecule has 0 unspecified atom stereocenters. The lowest BCUT2D eigenvalue weighted by molar-refractivity contribution is -0.136. The zero-order chi connectivity index (χ0) is 20.8. The summed E-state index contributed by atoms with van der Waals surface area (Å²) in [7, 11) is 2.01. The fraction of sp³-hybridized carbons (Fsp3) is 0.750. The van der Waals surface area contributed by atoms with E-state index in [0.717, 1.165) is 58.7 Å². The normalized spacial score (nSPS) is 24.9. The van der Waals surface area contributed by atoms with Gasteiger partial charge in [-0.15, -0.1) is 0 Å². The third-order valence-corrected chi connectivity index (χ3v) is 7.33. The SMILES string of the molecule is CN(CCN1CCCC1)C(=O)[C@H]1CCCN(C2CCN(Cc3cccnc3)CC2)C1. The van der Waals surface area contributed by atoms with E-state index in [2.05, 4.69) is 25.8 Å². The minimum absolute atomic E-state index is 0.191. The van der Waals surface area contributed by atoms with Gasteiger partial charge in [0.1, 0.15) is 0 Å². The van der Waals surface area contributed by atoms with Gasteiger partial charge in [0, 0.05) is 51.7 Å². The molecule has 30 heavy (non-hydrogen) atoms. The van der Waals surface area contributed by atoms with E-state index in [1.165, 1.54) is 44.3 Å². The monoisotopic (exact) mass is 413 g/mol. The summed E-state index contributed by atoms with van der Waals surface area (Å²) >= 11 is 0. The number of likely N-dealkylation sites (N-methyl/N-ethyl adjacent to an activating group) is 1. The number of nitrogens with zero attached hydrogens (tertiary/aromatic N) is 5. The first kappa shape index (κ1) is 21.7. The Morgan fingerprint density at radius 3 is 2.60 bits per heavy atom. The summed E-state index contributed by atoms with van der Waals surface area (Å²) in [6, 6.07) is 4.83. The summed E-state index contributed by atoms with van der Waals surface area (Å²) in [5.41, 5.74) is 1.30. The molecule has 0 N–H and O–H groups in total. The smallest absolute Gasteiger partial charge is 0.226 e. The third kappa shape index (κ3) is 5.80. The van der Waals surface area contributed by atoms with Gasteiger partial charge >= 0.3 is 0 Å². The third-order valence-electron chi connectivity index (χ3n) is 7.33. The Hall–Kier alpha value is -1.50. The molecule has 0 bridgehead atoms. The van der Waals surface area contributed by atoms with Crippen LogP contribution < -0.4 is 0 Å². The molecule has 3 fully saturated rings. The van der Waals surface area contributed by atoms with Crippen molar-refractivity contribution in [3.63, 3.8) is 0 Å². The second-order valence-electron chi connectivity index (χ2n) is 9.51. The van der Waals surface area contributed by atoms with Crippen LogP contribution in [0.15, 0.2) is 24.5 Å². The van der Waals surface area contributed by atoms with Gasteiger partial charge in [-0.25, -0.2) is 0 Å². The van der Waals surface area contributed by atoms with Gasteiger partial charge in [0.25, 0.3) is 0 Å². The van der Waals surface area contributed by atoms with Crippen LogP contribution in [0.2, 0.25) is 0 Å². The van der Waals surface area contributed by atoms with E-state index in [9.17, 15) is 4.79 Å². The van der Waals surface area contributed by atoms with E-state index >= 15 is 0 Å². The van der Waals surface area contributed by atoms with Crippen LogP contribution in [0.3, 0.4) is 0 Å². The van der Waals surface area contributed by atoms with E-state index in [1.807, 2.05) is 30.4 Å².